The van der Waals surface area contributed by atoms with Gasteiger partial charge < -0.3 is 9.64 Å². The van der Waals surface area contributed by atoms with Crippen LogP contribution in [0.1, 0.15) is 28.6 Å². The van der Waals surface area contributed by atoms with Gasteiger partial charge in [-0.15, -0.1) is 22.7 Å². The van der Waals surface area contributed by atoms with E-state index in [1.54, 1.807) is 16.2 Å². The third kappa shape index (κ3) is 4.36. The number of esters is 1. The van der Waals surface area contributed by atoms with Crippen LogP contribution in [0.25, 0.3) is 10.2 Å². The Morgan fingerprint density at radius 1 is 1.22 bits per heavy atom. The number of hydrogen-bond acceptors (Lipinski definition) is 6. The summed E-state index contributed by atoms with van der Waals surface area (Å²) in [6.45, 7) is 1.17. The predicted molar refractivity (Wildman–Crippen MR) is 107 cm³/mol. The van der Waals surface area contributed by atoms with Gasteiger partial charge in [-0.2, -0.15) is 0 Å². The summed E-state index contributed by atoms with van der Waals surface area (Å²) < 4.78 is 6.36. The van der Waals surface area contributed by atoms with E-state index in [0.717, 1.165) is 28.2 Å². The summed E-state index contributed by atoms with van der Waals surface area (Å²) in [5, 5.41) is 3.01. The summed E-state index contributed by atoms with van der Waals surface area (Å²) in [5.74, 6) is -0.229. The topological polar surface area (TPSA) is 59.5 Å². The Hall–Kier alpha value is -2.25. The SMILES string of the molecule is O=C(Cc1cccs1)OCC(=O)N1CCC[C@H](c2nc3ccccc3s2)C1. The third-order valence-corrected chi connectivity index (χ3v) is 6.76. The molecular formula is C20H20N2O3S2. The molecule has 0 saturated carbocycles. The molecule has 0 N–H and O–H groups in total. The normalized spacial score (nSPS) is 17.2. The van der Waals surface area contributed by atoms with Gasteiger partial charge in [0.15, 0.2) is 6.61 Å². The van der Waals surface area contributed by atoms with Crippen LogP contribution in [0.3, 0.4) is 0 Å². The number of hydrogen-bond donors (Lipinski definition) is 0. The fraction of sp³-hybridized carbons (Fsp3) is 0.350. The average molecular weight is 401 g/mol. The second kappa shape index (κ2) is 8.19. The zero-order valence-electron chi connectivity index (χ0n) is 14.8. The van der Waals surface area contributed by atoms with Crippen molar-refractivity contribution >= 4 is 44.8 Å². The van der Waals surface area contributed by atoms with Crippen LogP contribution in [-0.4, -0.2) is 41.5 Å². The van der Waals surface area contributed by atoms with E-state index in [-0.39, 0.29) is 30.8 Å². The number of para-hydroxylation sites is 1. The van der Waals surface area contributed by atoms with Gasteiger partial charge in [0.05, 0.1) is 21.6 Å². The number of amides is 1. The van der Waals surface area contributed by atoms with Crippen molar-refractivity contribution in [1.82, 2.24) is 9.88 Å². The lowest BCUT2D eigenvalue weighted by molar-refractivity contribution is -0.152. The van der Waals surface area contributed by atoms with Gasteiger partial charge in [0.25, 0.3) is 5.91 Å². The van der Waals surface area contributed by atoms with Gasteiger partial charge in [0.1, 0.15) is 0 Å². The second-order valence-electron chi connectivity index (χ2n) is 6.62. The summed E-state index contributed by atoms with van der Waals surface area (Å²) in [4.78, 5) is 31.9. The van der Waals surface area contributed by atoms with Crippen molar-refractivity contribution < 1.29 is 14.3 Å². The molecule has 1 saturated heterocycles. The van der Waals surface area contributed by atoms with Gasteiger partial charge in [-0.05, 0) is 36.4 Å². The van der Waals surface area contributed by atoms with Crippen molar-refractivity contribution in [3.8, 4) is 0 Å². The zero-order valence-corrected chi connectivity index (χ0v) is 16.4. The quantitative estimate of drug-likeness (QED) is 0.611. The molecule has 3 aromatic rings. The van der Waals surface area contributed by atoms with Gasteiger partial charge in [-0.3, -0.25) is 9.59 Å². The van der Waals surface area contributed by atoms with E-state index in [1.807, 2.05) is 35.7 Å². The fourth-order valence-electron chi connectivity index (χ4n) is 3.31. The number of benzene rings is 1. The molecule has 0 bridgehead atoms. The number of thiazole rings is 1. The summed E-state index contributed by atoms with van der Waals surface area (Å²) in [5.41, 5.74) is 1.02. The maximum atomic E-state index is 12.5. The van der Waals surface area contributed by atoms with Gasteiger partial charge in [0.2, 0.25) is 0 Å². The Labute approximate surface area is 165 Å². The first-order valence-electron chi connectivity index (χ1n) is 9.00. The minimum atomic E-state index is -0.356. The Morgan fingerprint density at radius 2 is 2.11 bits per heavy atom. The molecule has 0 unspecified atom stereocenters. The van der Waals surface area contributed by atoms with Crippen molar-refractivity contribution in [2.24, 2.45) is 0 Å². The Balaban J connectivity index is 1.33. The summed E-state index contributed by atoms with van der Waals surface area (Å²) in [6.07, 6.45) is 2.19. The molecule has 2 aromatic heterocycles. The smallest absolute Gasteiger partial charge is 0.311 e. The van der Waals surface area contributed by atoms with Crippen LogP contribution in [0.5, 0.6) is 0 Å². The Kier molecular flexibility index (Phi) is 5.50. The zero-order chi connectivity index (χ0) is 18.6. The summed E-state index contributed by atoms with van der Waals surface area (Å²) >= 11 is 3.22. The molecule has 0 spiro atoms. The molecule has 1 atom stereocenters. The minimum Gasteiger partial charge on any atom is -0.455 e. The van der Waals surface area contributed by atoms with E-state index < -0.39 is 0 Å². The monoisotopic (exact) mass is 400 g/mol. The Morgan fingerprint density at radius 3 is 2.93 bits per heavy atom. The van der Waals surface area contributed by atoms with Crippen LogP contribution in [0.2, 0.25) is 0 Å². The number of likely N-dealkylation sites (tertiary alicyclic amines) is 1. The third-order valence-electron chi connectivity index (χ3n) is 4.69. The number of piperidine rings is 1. The van der Waals surface area contributed by atoms with E-state index in [9.17, 15) is 9.59 Å². The molecular weight excluding hydrogens is 380 g/mol. The van der Waals surface area contributed by atoms with Gasteiger partial charge >= 0.3 is 5.97 Å². The van der Waals surface area contributed by atoms with Crippen LogP contribution in [-0.2, 0) is 20.7 Å². The highest BCUT2D eigenvalue weighted by molar-refractivity contribution is 7.18. The number of ether oxygens (including phenoxy) is 1. The van der Waals surface area contributed by atoms with Crippen LogP contribution >= 0.6 is 22.7 Å². The molecule has 1 fully saturated rings. The number of aromatic nitrogens is 1. The van der Waals surface area contributed by atoms with Gasteiger partial charge in [-0.25, -0.2) is 4.98 Å². The van der Waals surface area contributed by atoms with Gasteiger partial charge in [-0.1, -0.05) is 18.2 Å². The molecule has 0 radical (unpaired) electrons. The molecule has 1 amide bonds. The molecule has 27 heavy (non-hydrogen) atoms. The molecule has 7 heteroatoms. The minimum absolute atomic E-state index is 0.125. The number of carbonyl (C=O) groups excluding carboxylic acids is 2. The first-order valence-corrected chi connectivity index (χ1v) is 10.7. The highest BCUT2D eigenvalue weighted by Gasteiger charge is 2.27. The molecule has 4 rings (SSSR count). The average Bonchev–Trinajstić information content (AvgIpc) is 3.35. The standard InChI is InChI=1S/C20H20N2O3S2/c23-18(13-25-19(24)11-15-6-4-10-26-15)22-9-3-5-14(12-22)20-21-16-7-1-2-8-17(16)27-20/h1-2,4,6-8,10,14H,3,5,9,11-13H2/t14-/m0/s1. The van der Waals surface area contributed by atoms with Crippen LogP contribution in [0.4, 0.5) is 0 Å². The maximum Gasteiger partial charge on any atom is 0.311 e. The summed E-state index contributed by atoms with van der Waals surface area (Å²) in [6, 6.07) is 11.9. The molecule has 3 heterocycles. The number of nitrogens with zero attached hydrogens (tertiary/aromatic N) is 2. The lowest BCUT2D eigenvalue weighted by atomic mass is 9.99. The molecule has 140 valence electrons. The van der Waals surface area contributed by atoms with E-state index >= 15 is 0 Å². The lowest BCUT2D eigenvalue weighted by Crippen LogP contribution is -2.41. The predicted octanol–water partition coefficient (Wildman–Crippen LogP) is 3.85. The fourth-order valence-corrected chi connectivity index (χ4v) is 5.09. The lowest BCUT2D eigenvalue weighted by Gasteiger charge is -2.31. The van der Waals surface area contributed by atoms with Crippen molar-refractivity contribution in [2.75, 3.05) is 19.7 Å². The van der Waals surface area contributed by atoms with E-state index in [0.29, 0.717) is 13.1 Å². The summed E-state index contributed by atoms with van der Waals surface area (Å²) in [7, 11) is 0. The van der Waals surface area contributed by atoms with Crippen LogP contribution in [0.15, 0.2) is 41.8 Å². The molecule has 0 aliphatic carbocycles. The number of fused-ring (bicyclic) bond motifs is 1. The maximum absolute atomic E-state index is 12.5. The molecule has 5 nitrogen and oxygen atoms in total. The van der Waals surface area contributed by atoms with Gasteiger partial charge in [0, 0.05) is 23.9 Å². The molecule has 1 aromatic carbocycles. The highest BCUT2D eigenvalue weighted by atomic mass is 32.1. The Bertz CT molecular complexity index is 903. The number of thiophene rings is 1. The van der Waals surface area contributed by atoms with Crippen molar-refractivity contribution in [3.63, 3.8) is 0 Å². The van der Waals surface area contributed by atoms with E-state index in [2.05, 4.69) is 6.07 Å². The van der Waals surface area contributed by atoms with E-state index in [4.69, 9.17) is 9.72 Å². The highest BCUT2D eigenvalue weighted by Crippen LogP contribution is 2.32. The molecule has 1 aliphatic heterocycles. The number of carbonyl (C=O) groups is 2. The second-order valence-corrected chi connectivity index (χ2v) is 8.71. The van der Waals surface area contributed by atoms with Crippen LogP contribution < -0.4 is 0 Å². The van der Waals surface area contributed by atoms with Crippen molar-refractivity contribution in [2.45, 2.75) is 25.2 Å². The van der Waals surface area contributed by atoms with Crippen molar-refractivity contribution in [1.29, 1.82) is 0 Å². The molecule has 1 aliphatic rings. The van der Waals surface area contributed by atoms with Crippen molar-refractivity contribution in [3.05, 3.63) is 51.7 Å². The van der Waals surface area contributed by atoms with E-state index in [1.165, 1.54) is 16.0 Å². The number of rotatable bonds is 5. The largest absolute Gasteiger partial charge is 0.455 e. The van der Waals surface area contributed by atoms with Crippen LogP contribution in [0, 0.1) is 0 Å². The first-order chi connectivity index (χ1) is 13.2. The first kappa shape index (κ1) is 18.1.